The van der Waals surface area contributed by atoms with Crippen LogP contribution in [0.4, 0.5) is 24.5 Å². The number of benzene rings is 3. The van der Waals surface area contributed by atoms with E-state index in [9.17, 15) is 26.4 Å². The molecule has 0 heterocycles. The summed E-state index contributed by atoms with van der Waals surface area (Å²) >= 11 is 7.12. The number of hydrogen-bond donors (Lipinski definition) is 1. The number of sulfonamides is 1. The van der Waals surface area contributed by atoms with Crippen LogP contribution in [0.5, 0.6) is 5.75 Å². The average molecular weight is 559 g/mol. The van der Waals surface area contributed by atoms with Crippen LogP contribution in [0.15, 0.2) is 76.5 Å². The first-order chi connectivity index (χ1) is 17.0. The summed E-state index contributed by atoms with van der Waals surface area (Å²) in [6.45, 7) is 1.41. The second kappa shape index (κ2) is 11.4. The summed E-state index contributed by atoms with van der Waals surface area (Å²) in [6.07, 6.45) is -2.94. The minimum atomic E-state index is -4.78. The molecule has 192 valence electrons. The molecule has 12 heteroatoms. The van der Waals surface area contributed by atoms with Crippen molar-refractivity contribution >= 4 is 50.7 Å². The van der Waals surface area contributed by atoms with Crippen molar-refractivity contribution in [2.45, 2.75) is 22.9 Å². The molecule has 0 bridgehead atoms. The third-order valence-corrected chi connectivity index (χ3v) is 7.70. The van der Waals surface area contributed by atoms with E-state index in [0.29, 0.717) is 18.4 Å². The summed E-state index contributed by atoms with van der Waals surface area (Å²) in [5.74, 6) is -0.482. The van der Waals surface area contributed by atoms with Crippen molar-refractivity contribution in [1.82, 2.24) is 0 Å². The van der Waals surface area contributed by atoms with Gasteiger partial charge in [0, 0.05) is 9.92 Å². The SMILES string of the molecule is CCOc1ccc(N(CC(=O)Nc2ccc(Cl)cc2C(F)(F)F)S(=O)(=O)c2ccc(SC)cc2)cc1. The molecule has 0 fully saturated rings. The van der Waals surface area contributed by atoms with E-state index in [0.717, 1.165) is 15.3 Å². The van der Waals surface area contributed by atoms with Gasteiger partial charge in [0.15, 0.2) is 0 Å². The molecule has 36 heavy (non-hydrogen) atoms. The zero-order valence-corrected chi connectivity index (χ0v) is 21.6. The van der Waals surface area contributed by atoms with Crippen molar-refractivity contribution in [3.63, 3.8) is 0 Å². The number of amides is 1. The lowest BCUT2D eigenvalue weighted by Crippen LogP contribution is -2.38. The van der Waals surface area contributed by atoms with Crippen molar-refractivity contribution in [2.24, 2.45) is 0 Å². The van der Waals surface area contributed by atoms with Gasteiger partial charge in [0.05, 0.1) is 28.4 Å². The maximum Gasteiger partial charge on any atom is 0.418 e. The maximum absolute atomic E-state index is 13.5. The number of alkyl halides is 3. The Morgan fingerprint density at radius 3 is 2.25 bits per heavy atom. The van der Waals surface area contributed by atoms with Gasteiger partial charge in [0.2, 0.25) is 5.91 Å². The number of carbonyl (C=O) groups excluding carboxylic acids is 1. The molecule has 0 aliphatic carbocycles. The average Bonchev–Trinajstić information content (AvgIpc) is 2.84. The largest absolute Gasteiger partial charge is 0.494 e. The Kier molecular flexibility index (Phi) is 8.80. The highest BCUT2D eigenvalue weighted by atomic mass is 35.5. The van der Waals surface area contributed by atoms with Crippen LogP contribution >= 0.6 is 23.4 Å². The predicted octanol–water partition coefficient (Wildman–Crippen LogP) is 6.31. The first-order valence-corrected chi connectivity index (χ1v) is 13.6. The molecule has 0 atom stereocenters. The van der Waals surface area contributed by atoms with Crippen LogP contribution in [0.3, 0.4) is 0 Å². The number of ether oxygens (including phenoxy) is 1. The van der Waals surface area contributed by atoms with E-state index >= 15 is 0 Å². The lowest BCUT2D eigenvalue weighted by molar-refractivity contribution is -0.137. The third kappa shape index (κ3) is 6.65. The second-order valence-corrected chi connectivity index (χ2v) is 10.5. The van der Waals surface area contributed by atoms with Crippen LogP contribution in [0.25, 0.3) is 0 Å². The summed E-state index contributed by atoms with van der Waals surface area (Å²) in [5.41, 5.74) is -1.55. The highest BCUT2D eigenvalue weighted by molar-refractivity contribution is 7.98. The smallest absolute Gasteiger partial charge is 0.418 e. The van der Waals surface area contributed by atoms with Gasteiger partial charge in [-0.2, -0.15) is 13.2 Å². The van der Waals surface area contributed by atoms with Crippen LogP contribution in [-0.2, 0) is 21.0 Å². The number of rotatable bonds is 9. The number of nitrogens with zero attached hydrogens (tertiary/aromatic N) is 1. The minimum absolute atomic E-state index is 0.0792. The van der Waals surface area contributed by atoms with Gasteiger partial charge in [-0.05, 0) is 79.9 Å². The Morgan fingerprint density at radius 2 is 1.69 bits per heavy atom. The molecule has 1 N–H and O–H groups in total. The molecule has 3 aromatic carbocycles. The zero-order chi connectivity index (χ0) is 26.5. The Hall–Kier alpha value is -2.89. The molecule has 0 aliphatic heterocycles. The molecule has 0 spiro atoms. The second-order valence-electron chi connectivity index (χ2n) is 7.35. The topological polar surface area (TPSA) is 75.7 Å². The molecule has 6 nitrogen and oxygen atoms in total. The molecular formula is C24H22ClF3N2O4S2. The monoisotopic (exact) mass is 558 g/mol. The van der Waals surface area contributed by atoms with Crippen LogP contribution in [-0.4, -0.2) is 33.7 Å². The highest BCUT2D eigenvalue weighted by Crippen LogP contribution is 2.36. The van der Waals surface area contributed by atoms with Crippen LogP contribution in [0, 0.1) is 0 Å². The number of thioether (sulfide) groups is 1. The Labute approximate surface area is 216 Å². The number of nitrogens with one attached hydrogen (secondary N) is 1. The van der Waals surface area contributed by atoms with Crippen LogP contribution < -0.4 is 14.4 Å². The Balaban J connectivity index is 1.97. The molecule has 0 saturated carbocycles. The number of halogens is 4. The zero-order valence-electron chi connectivity index (χ0n) is 19.2. The van der Waals surface area contributed by atoms with Gasteiger partial charge in [-0.15, -0.1) is 11.8 Å². The summed E-state index contributed by atoms with van der Waals surface area (Å²) in [6, 6.07) is 14.9. The number of hydrogen-bond acceptors (Lipinski definition) is 5. The van der Waals surface area contributed by atoms with Gasteiger partial charge in [-0.25, -0.2) is 8.42 Å². The number of carbonyl (C=O) groups is 1. The first-order valence-electron chi connectivity index (χ1n) is 10.5. The Bertz CT molecular complexity index is 1320. The molecule has 0 aromatic heterocycles. The van der Waals surface area contributed by atoms with Crippen LogP contribution in [0.2, 0.25) is 5.02 Å². The quantitative estimate of drug-likeness (QED) is 0.311. The van der Waals surface area contributed by atoms with E-state index in [4.69, 9.17) is 16.3 Å². The Morgan fingerprint density at radius 1 is 1.06 bits per heavy atom. The van der Waals surface area contributed by atoms with Gasteiger partial charge in [-0.1, -0.05) is 11.6 Å². The van der Waals surface area contributed by atoms with Crippen molar-refractivity contribution in [2.75, 3.05) is 29.0 Å². The van der Waals surface area contributed by atoms with E-state index in [1.54, 1.807) is 19.1 Å². The van der Waals surface area contributed by atoms with Crippen LogP contribution in [0.1, 0.15) is 12.5 Å². The summed E-state index contributed by atoms with van der Waals surface area (Å²) in [4.78, 5) is 13.6. The summed E-state index contributed by atoms with van der Waals surface area (Å²) in [7, 11) is -4.26. The maximum atomic E-state index is 13.5. The third-order valence-electron chi connectivity index (χ3n) is 4.93. The van der Waals surface area contributed by atoms with Crippen molar-refractivity contribution in [3.05, 3.63) is 77.3 Å². The molecular weight excluding hydrogens is 537 g/mol. The van der Waals surface area contributed by atoms with Crippen molar-refractivity contribution in [3.8, 4) is 5.75 Å². The fraction of sp³-hybridized carbons (Fsp3) is 0.208. The highest BCUT2D eigenvalue weighted by Gasteiger charge is 2.35. The molecule has 0 unspecified atom stereocenters. The lowest BCUT2D eigenvalue weighted by atomic mass is 10.1. The van der Waals surface area contributed by atoms with Crippen molar-refractivity contribution < 1.29 is 31.1 Å². The van der Waals surface area contributed by atoms with E-state index < -0.39 is 39.9 Å². The van der Waals surface area contributed by atoms with E-state index in [2.05, 4.69) is 5.32 Å². The molecule has 3 aromatic rings. The van der Waals surface area contributed by atoms with Gasteiger partial charge < -0.3 is 10.1 Å². The van der Waals surface area contributed by atoms with Gasteiger partial charge in [0.25, 0.3) is 10.0 Å². The first kappa shape index (κ1) is 27.7. The van der Waals surface area contributed by atoms with Gasteiger partial charge in [0.1, 0.15) is 12.3 Å². The molecule has 0 aliphatic rings. The lowest BCUT2D eigenvalue weighted by Gasteiger charge is -2.25. The van der Waals surface area contributed by atoms with Crippen molar-refractivity contribution in [1.29, 1.82) is 0 Å². The van der Waals surface area contributed by atoms with Gasteiger partial charge >= 0.3 is 6.18 Å². The normalized spacial score (nSPS) is 11.7. The standard InChI is InChI=1S/C24H22ClF3N2O4S2/c1-3-34-18-7-5-17(6-8-18)30(36(32,33)20-11-9-19(35-2)10-12-20)15-23(31)29-22-13-4-16(25)14-21(22)24(26,27)28/h4-14H,3,15H2,1-2H3,(H,29,31). The van der Waals surface area contributed by atoms with E-state index in [-0.39, 0.29) is 15.6 Å². The fourth-order valence-electron chi connectivity index (χ4n) is 3.25. The minimum Gasteiger partial charge on any atom is -0.494 e. The van der Waals surface area contributed by atoms with E-state index in [1.807, 2.05) is 6.26 Å². The predicted molar refractivity (Wildman–Crippen MR) is 135 cm³/mol. The molecule has 1 amide bonds. The molecule has 3 rings (SSSR count). The van der Waals surface area contributed by atoms with E-state index in [1.165, 1.54) is 54.2 Å². The summed E-state index contributed by atoms with van der Waals surface area (Å²) < 4.78 is 73.6. The van der Waals surface area contributed by atoms with Gasteiger partial charge in [-0.3, -0.25) is 9.10 Å². The summed E-state index contributed by atoms with van der Waals surface area (Å²) in [5, 5.41) is 2.01. The fourth-order valence-corrected chi connectivity index (χ4v) is 5.25. The molecule has 0 radical (unpaired) electrons. The number of anilines is 2. The molecule has 0 saturated heterocycles.